The first-order valence-electron chi connectivity index (χ1n) is 13.1. The Kier molecular flexibility index (Phi) is 6.19. The second-order valence-corrected chi connectivity index (χ2v) is 10.7. The average molecular weight is 568 g/mol. The van der Waals surface area contributed by atoms with Crippen LogP contribution >= 0.6 is 0 Å². The van der Waals surface area contributed by atoms with Gasteiger partial charge >= 0.3 is 6.03 Å². The van der Waals surface area contributed by atoms with Crippen LogP contribution in [-0.4, -0.2) is 110 Å². The Hall–Kier alpha value is -4.56. The maximum absolute atomic E-state index is 13.5. The number of aliphatic imine (C=N–C) groups is 1. The van der Waals surface area contributed by atoms with Gasteiger partial charge < -0.3 is 20.0 Å². The number of likely N-dealkylation sites (N-methyl/N-ethyl adjacent to an activating group) is 1. The summed E-state index contributed by atoms with van der Waals surface area (Å²) in [6.07, 6.45) is 3.66. The maximum Gasteiger partial charge on any atom is 0.328 e. The molecule has 0 aromatic carbocycles. The molecule has 3 aliphatic heterocycles. The van der Waals surface area contributed by atoms with Crippen LogP contribution in [0, 0.1) is 11.8 Å². The van der Waals surface area contributed by atoms with Crippen LogP contribution in [0.3, 0.4) is 0 Å². The van der Waals surface area contributed by atoms with Gasteiger partial charge in [-0.15, -0.1) is 0 Å². The summed E-state index contributed by atoms with van der Waals surface area (Å²) >= 11 is 0. The highest BCUT2D eigenvalue weighted by molar-refractivity contribution is 6.05. The van der Waals surface area contributed by atoms with Crippen molar-refractivity contribution in [2.75, 3.05) is 36.9 Å². The van der Waals surface area contributed by atoms with Gasteiger partial charge in [0.25, 0.3) is 11.8 Å². The smallest absolute Gasteiger partial charge is 0.328 e. The van der Waals surface area contributed by atoms with E-state index < -0.39 is 53.9 Å². The number of fused-ring (bicyclic) bond motifs is 2. The molecule has 0 bridgehead atoms. The number of hydrogen-bond acceptors (Lipinski definition) is 10. The summed E-state index contributed by atoms with van der Waals surface area (Å²) in [6.45, 7) is 2.97. The number of nitrogens with zero attached hydrogens (tertiary/aromatic N) is 8. The number of ketones is 1. The molecule has 1 saturated carbocycles. The van der Waals surface area contributed by atoms with Gasteiger partial charge in [-0.2, -0.15) is 0 Å². The molecule has 1 N–H and O–H groups in total. The second-order valence-electron chi connectivity index (χ2n) is 10.7. The molecule has 6 rings (SSSR count). The van der Waals surface area contributed by atoms with E-state index >= 15 is 0 Å². The highest BCUT2D eigenvalue weighted by Crippen LogP contribution is 2.59. The second kappa shape index (κ2) is 9.52. The highest BCUT2D eigenvalue weighted by Gasteiger charge is 2.72. The summed E-state index contributed by atoms with van der Waals surface area (Å²) in [4.78, 5) is 73.4. The van der Waals surface area contributed by atoms with Crippen LogP contribution in [0.4, 0.5) is 25.3 Å². The van der Waals surface area contributed by atoms with E-state index in [2.05, 4.69) is 25.3 Å². The SMILES string of the molecule is CC(=O)CN1C(=O)C2C(N=CN2[C@@H](C)C(=O)Nc2cccc(-c3cnc(N4CC5C(C4)C5(F)F)nc3)n2)N(C)C1=O. The third-order valence-electron chi connectivity index (χ3n) is 8.03. The number of anilines is 2. The van der Waals surface area contributed by atoms with E-state index in [0.717, 1.165) is 4.90 Å². The fourth-order valence-corrected chi connectivity index (χ4v) is 5.61. The van der Waals surface area contributed by atoms with Crippen LogP contribution in [-0.2, 0) is 14.4 Å². The lowest BCUT2D eigenvalue weighted by molar-refractivity contribution is -0.141. The lowest BCUT2D eigenvalue weighted by Crippen LogP contribution is -2.66. The minimum absolute atomic E-state index is 0.227. The number of amides is 4. The van der Waals surface area contributed by atoms with Crippen molar-refractivity contribution in [3.05, 3.63) is 30.6 Å². The van der Waals surface area contributed by atoms with E-state index in [1.54, 1.807) is 42.4 Å². The van der Waals surface area contributed by atoms with Crippen LogP contribution in [0.1, 0.15) is 13.8 Å². The van der Waals surface area contributed by atoms with Gasteiger partial charge in [-0.05, 0) is 26.0 Å². The zero-order valence-corrected chi connectivity index (χ0v) is 22.4. The zero-order chi connectivity index (χ0) is 29.2. The maximum atomic E-state index is 13.5. The molecule has 0 spiro atoms. The number of nitrogens with one attached hydrogen (secondary N) is 1. The van der Waals surface area contributed by atoms with E-state index in [0.29, 0.717) is 17.2 Å². The largest absolute Gasteiger partial charge is 0.340 e. The molecule has 2 aromatic heterocycles. The molecule has 4 amide bonds. The molecule has 2 aromatic rings. The molecule has 41 heavy (non-hydrogen) atoms. The molecule has 15 heteroatoms. The van der Waals surface area contributed by atoms with Crippen molar-refractivity contribution < 1.29 is 28.0 Å². The Morgan fingerprint density at radius 2 is 1.83 bits per heavy atom. The van der Waals surface area contributed by atoms with Crippen LogP contribution in [0.5, 0.6) is 0 Å². The van der Waals surface area contributed by atoms with Crippen LogP contribution in [0.2, 0.25) is 0 Å². The van der Waals surface area contributed by atoms with Gasteiger partial charge in [-0.1, -0.05) is 6.07 Å². The number of urea groups is 1. The lowest BCUT2D eigenvalue weighted by Gasteiger charge is -2.41. The number of carbonyl (C=O) groups excluding carboxylic acids is 4. The number of aromatic nitrogens is 3. The lowest BCUT2D eigenvalue weighted by atomic mass is 10.1. The first kappa shape index (κ1) is 26.7. The van der Waals surface area contributed by atoms with Crippen molar-refractivity contribution >= 4 is 41.7 Å². The van der Waals surface area contributed by atoms with Crippen molar-refractivity contribution in [1.82, 2.24) is 29.7 Å². The van der Waals surface area contributed by atoms with Gasteiger partial charge in [0.1, 0.15) is 17.6 Å². The quantitative estimate of drug-likeness (QED) is 0.520. The van der Waals surface area contributed by atoms with E-state index in [-0.39, 0.29) is 31.2 Å². The predicted octanol–water partition coefficient (Wildman–Crippen LogP) is 1.09. The molecule has 2 saturated heterocycles. The van der Waals surface area contributed by atoms with Gasteiger partial charge in [0, 0.05) is 38.1 Å². The summed E-state index contributed by atoms with van der Waals surface area (Å²) in [5, 5.41) is 2.74. The summed E-state index contributed by atoms with van der Waals surface area (Å²) in [5.41, 5.74) is 1.07. The monoisotopic (exact) mass is 567 g/mol. The number of carbonyl (C=O) groups is 4. The topological polar surface area (TPSA) is 144 Å². The predicted molar refractivity (Wildman–Crippen MR) is 141 cm³/mol. The third kappa shape index (κ3) is 4.44. The number of piperidine rings is 1. The Morgan fingerprint density at radius 3 is 2.49 bits per heavy atom. The normalized spacial score (nSPS) is 26.7. The molecule has 3 fully saturated rings. The van der Waals surface area contributed by atoms with Crippen LogP contribution in [0.25, 0.3) is 11.3 Å². The van der Waals surface area contributed by atoms with Crippen LogP contribution < -0.4 is 10.2 Å². The molecule has 0 radical (unpaired) electrons. The molecule has 5 atom stereocenters. The van der Waals surface area contributed by atoms with Gasteiger partial charge in [0.05, 0.1) is 30.4 Å². The van der Waals surface area contributed by atoms with Gasteiger partial charge in [0.15, 0.2) is 12.2 Å². The number of alkyl halides is 2. The summed E-state index contributed by atoms with van der Waals surface area (Å²) in [5.74, 6) is -4.64. The molecular formula is C26H27F2N9O4. The van der Waals surface area contributed by atoms with Crippen LogP contribution in [0.15, 0.2) is 35.6 Å². The zero-order valence-electron chi connectivity index (χ0n) is 22.4. The molecule has 1 aliphatic carbocycles. The number of pyridine rings is 1. The van der Waals surface area contributed by atoms with E-state index in [1.165, 1.54) is 30.1 Å². The van der Waals surface area contributed by atoms with E-state index in [1.807, 2.05) is 0 Å². The van der Waals surface area contributed by atoms with Crippen molar-refractivity contribution in [2.24, 2.45) is 16.8 Å². The Bertz CT molecular complexity index is 1460. The van der Waals surface area contributed by atoms with Crippen molar-refractivity contribution in [3.63, 3.8) is 0 Å². The van der Waals surface area contributed by atoms with Crippen molar-refractivity contribution in [2.45, 2.75) is 38.0 Å². The van der Waals surface area contributed by atoms with Gasteiger partial charge in [-0.3, -0.25) is 19.3 Å². The molecule has 214 valence electrons. The standard InChI is InChI=1S/C26H27F2N9O4/c1-13(38)9-36-23(40)20-21(34(3)25(36)41)31-12-37(20)14(2)22(39)33-19-6-4-5-18(32-19)15-7-29-24(30-8-15)35-10-16-17(11-35)26(16,27)28/h4-8,12,14,16-17,20-21H,9-11H2,1-3H3,(H,32,33,39)/t14-,16?,17?,20?,21?/m0/s1. The fourth-order valence-electron chi connectivity index (χ4n) is 5.61. The number of halogens is 2. The average Bonchev–Trinajstić information content (AvgIpc) is 3.38. The number of hydrogen-bond donors (Lipinski definition) is 1. The highest BCUT2D eigenvalue weighted by atomic mass is 19.3. The molecule has 5 heterocycles. The van der Waals surface area contributed by atoms with Gasteiger partial charge in [0.2, 0.25) is 11.9 Å². The summed E-state index contributed by atoms with van der Waals surface area (Å²) in [7, 11) is 1.49. The molecule has 4 unspecified atom stereocenters. The minimum Gasteiger partial charge on any atom is -0.340 e. The molecule has 13 nitrogen and oxygen atoms in total. The van der Waals surface area contributed by atoms with E-state index in [4.69, 9.17) is 0 Å². The Morgan fingerprint density at radius 1 is 1.15 bits per heavy atom. The first-order chi connectivity index (χ1) is 19.5. The number of imide groups is 1. The van der Waals surface area contributed by atoms with E-state index in [9.17, 15) is 28.0 Å². The Labute approximate surface area is 233 Å². The summed E-state index contributed by atoms with van der Waals surface area (Å²) < 4.78 is 27.0. The molecule has 4 aliphatic rings. The number of Topliss-reactive ketones (excluding diaryl/α,β-unsaturated/α-hetero) is 1. The molecular weight excluding hydrogens is 540 g/mol. The van der Waals surface area contributed by atoms with Crippen molar-refractivity contribution in [1.29, 1.82) is 0 Å². The Balaban J connectivity index is 1.12. The minimum atomic E-state index is -2.58. The van der Waals surface area contributed by atoms with Gasteiger partial charge in [-0.25, -0.2) is 33.5 Å². The number of rotatable bonds is 7. The fraction of sp³-hybridized carbons (Fsp3) is 0.462. The van der Waals surface area contributed by atoms with Crippen molar-refractivity contribution in [3.8, 4) is 11.3 Å². The third-order valence-corrected chi connectivity index (χ3v) is 8.03. The summed E-state index contributed by atoms with van der Waals surface area (Å²) in [6, 6.07) is 2.57. The first-order valence-corrected chi connectivity index (χ1v) is 13.1.